The first kappa shape index (κ1) is 11.4. The molecule has 4 heteroatoms. The zero-order chi connectivity index (χ0) is 13.5. The second kappa shape index (κ2) is 4.32. The molecule has 0 aliphatic rings. The first-order chi connectivity index (χ1) is 9.83. The van der Waals surface area contributed by atoms with Crippen molar-refractivity contribution >= 4 is 33.4 Å². The van der Waals surface area contributed by atoms with Crippen molar-refractivity contribution in [3.63, 3.8) is 0 Å². The van der Waals surface area contributed by atoms with Gasteiger partial charge in [0.05, 0.1) is 10.5 Å². The molecule has 0 unspecified atom stereocenters. The van der Waals surface area contributed by atoms with Gasteiger partial charge in [0.1, 0.15) is 11.2 Å². The van der Waals surface area contributed by atoms with Crippen LogP contribution in [0, 0.1) is 0 Å². The minimum Gasteiger partial charge on any atom is -0.337 e. The number of pyridine rings is 1. The lowest BCUT2D eigenvalue weighted by molar-refractivity contribution is 1.26. The van der Waals surface area contributed by atoms with E-state index in [1.54, 1.807) is 6.20 Å². The number of fused-ring (bicyclic) bond motifs is 2. The lowest BCUT2D eigenvalue weighted by Gasteiger charge is -2.01. The molecule has 0 saturated heterocycles. The van der Waals surface area contributed by atoms with Crippen LogP contribution in [-0.2, 0) is 0 Å². The molecule has 0 aliphatic carbocycles. The number of imidazole rings is 1. The van der Waals surface area contributed by atoms with E-state index in [4.69, 9.17) is 11.6 Å². The van der Waals surface area contributed by atoms with Gasteiger partial charge >= 0.3 is 0 Å². The quantitative estimate of drug-likeness (QED) is 0.560. The van der Waals surface area contributed by atoms with Gasteiger partial charge in [0.2, 0.25) is 0 Å². The van der Waals surface area contributed by atoms with Crippen molar-refractivity contribution in [2.45, 2.75) is 0 Å². The number of nitrogens with zero attached hydrogens (tertiary/aromatic N) is 2. The summed E-state index contributed by atoms with van der Waals surface area (Å²) in [5.41, 5.74) is 2.54. The molecule has 2 aromatic heterocycles. The molecule has 4 aromatic rings. The van der Waals surface area contributed by atoms with Crippen molar-refractivity contribution in [3.8, 4) is 11.5 Å². The molecular weight excluding hydrogens is 270 g/mol. The molecule has 96 valence electrons. The minimum atomic E-state index is 0.644. The average Bonchev–Trinajstić information content (AvgIpc) is 2.92. The van der Waals surface area contributed by atoms with Gasteiger partial charge in [-0.2, -0.15) is 0 Å². The summed E-state index contributed by atoms with van der Waals surface area (Å²) < 4.78 is 0. The van der Waals surface area contributed by atoms with Crippen LogP contribution in [-0.4, -0.2) is 15.0 Å². The number of rotatable bonds is 1. The third kappa shape index (κ3) is 1.67. The molecule has 0 saturated carbocycles. The van der Waals surface area contributed by atoms with Gasteiger partial charge < -0.3 is 4.98 Å². The van der Waals surface area contributed by atoms with E-state index in [0.717, 1.165) is 33.3 Å². The summed E-state index contributed by atoms with van der Waals surface area (Å²) in [7, 11) is 0. The fourth-order valence-electron chi connectivity index (χ4n) is 2.42. The van der Waals surface area contributed by atoms with E-state index in [2.05, 4.69) is 21.0 Å². The lowest BCUT2D eigenvalue weighted by atomic mass is 10.1. The van der Waals surface area contributed by atoms with Crippen molar-refractivity contribution < 1.29 is 0 Å². The van der Waals surface area contributed by atoms with Gasteiger partial charge in [-0.15, -0.1) is 0 Å². The highest BCUT2D eigenvalue weighted by atomic mass is 35.5. The Bertz CT molecular complexity index is 922. The molecule has 2 aromatic carbocycles. The number of aromatic nitrogens is 3. The maximum Gasteiger partial charge on any atom is 0.157 e. The van der Waals surface area contributed by atoms with Gasteiger partial charge in [-0.05, 0) is 23.6 Å². The summed E-state index contributed by atoms with van der Waals surface area (Å²) in [5, 5.41) is 2.86. The normalized spacial score (nSPS) is 11.2. The SMILES string of the molecule is Clc1cccc2[nH]c(-c3nccc4ccccc34)nc12. The summed E-state index contributed by atoms with van der Waals surface area (Å²) >= 11 is 6.17. The smallest absolute Gasteiger partial charge is 0.157 e. The zero-order valence-electron chi connectivity index (χ0n) is 10.5. The lowest BCUT2D eigenvalue weighted by Crippen LogP contribution is -1.87. The Kier molecular flexibility index (Phi) is 2.47. The number of nitrogens with one attached hydrogen (secondary N) is 1. The van der Waals surface area contributed by atoms with E-state index in [0.29, 0.717) is 5.02 Å². The van der Waals surface area contributed by atoms with Crippen LogP contribution in [0.5, 0.6) is 0 Å². The molecule has 0 radical (unpaired) electrons. The third-order valence-corrected chi connectivity index (χ3v) is 3.67. The Hall–Kier alpha value is -2.39. The summed E-state index contributed by atoms with van der Waals surface area (Å²) in [6, 6.07) is 15.8. The fourth-order valence-corrected chi connectivity index (χ4v) is 2.63. The maximum absolute atomic E-state index is 6.17. The van der Waals surface area contributed by atoms with Crippen LogP contribution in [0.4, 0.5) is 0 Å². The number of halogens is 1. The van der Waals surface area contributed by atoms with E-state index in [1.807, 2.05) is 42.5 Å². The zero-order valence-corrected chi connectivity index (χ0v) is 11.2. The number of aromatic amines is 1. The molecule has 2 heterocycles. The number of hydrogen-bond donors (Lipinski definition) is 1. The first-order valence-electron chi connectivity index (χ1n) is 6.31. The van der Waals surface area contributed by atoms with Gasteiger partial charge in [0.25, 0.3) is 0 Å². The summed E-state index contributed by atoms with van der Waals surface area (Å²) in [6.45, 7) is 0. The Labute approximate surface area is 120 Å². The van der Waals surface area contributed by atoms with Crippen LogP contribution in [0.15, 0.2) is 54.7 Å². The molecule has 0 bridgehead atoms. The van der Waals surface area contributed by atoms with Gasteiger partial charge in [0, 0.05) is 11.6 Å². The van der Waals surface area contributed by atoms with Crippen LogP contribution in [0.25, 0.3) is 33.3 Å². The van der Waals surface area contributed by atoms with Crippen molar-refractivity contribution in [3.05, 3.63) is 59.8 Å². The predicted molar refractivity (Wildman–Crippen MR) is 81.8 cm³/mol. The van der Waals surface area contributed by atoms with Crippen molar-refractivity contribution in [2.75, 3.05) is 0 Å². The molecule has 20 heavy (non-hydrogen) atoms. The van der Waals surface area contributed by atoms with E-state index >= 15 is 0 Å². The van der Waals surface area contributed by atoms with Gasteiger partial charge in [-0.1, -0.05) is 41.9 Å². The van der Waals surface area contributed by atoms with E-state index in [-0.39, 0.29) is 0 Å². The fraction of sp³-hybridized carbons (Fsp3) is 0. The van der Waals surface area contributed by atoms with Crippen molar-refractivity contribution in [1.82, 2.24) is 15.0 Å². The highest BCUT2D eigenvalue weighted by Gasteiger charge is 2.11. The highest BCUT2D eigenvalue weighted by Crippen LogP contribution is 2.28. The predicted octanol–water partition coefficient (Wildman–Crippen LogP) is 4.43. The molecule has 0 aliphatic heterocycles. The Morgan fingerprint density at radius 1 is 0.950 bits per heavy atom. The van der Waals surface area contributed by atoms with Crippen molar-refractivity contribution in [2.24, 2.45) is 0 Å². The van der Waals surface area contributed by atoms with Crippen LogP contribution in [0.2, 0.25) is 5.02 Å². The van der Waals surface area contributed by atoms with E-state index in [1.165, 1.54) is 0 Å². The molecule has 4 rings (SSSR count). The largest absolute Gasteiger partial charge is 0.337 e. The molecule has 0 fully saturated rings. The summed E-state index contributed by atoms with van der Waals surface area (Å²) in [6.07, 6.45) is 1.80. The Morgan fingerprint density at radius 3 is 2.75 bits per heavy atom. The highest BCUT2D eigenvalue weighted by molar-refractivity contribution is 6.35. The summed E-state index contributed by atoms with van der Waals surface area (Å²) in [5.74, 6) is 0.741. The monoisotopic (exact) mass is 279 g/mol. The molecule has 0 spiro atoms. The van der Waals surface area contributed by atoms with Gasteiger partial charge in [-0.3, -0.25) is 4.98 Å². The second-order valence-electron chi connectivity index (χ2n) is 4.60. The van der Waals surface area contributed by atoms with Crippen LogP contribution in [0.1, 0.15) is 0 Å². The van der Waals surface area contributed by atoms with E-state index in [9.17, 15) is 0 Å². The van der Waals surface area contributed by atoms with Crippen LogP contribution < -0.4 is 0 Å². The Morgan fingerprint density at radius 2 is 1.85 bits per heavy atom. The number of benzene rings is 2. The second-order valence-corrected chi connectivity index (χ2v) is 5.01. The van der Waals surface area contributed by atoms with Crippen LogP contribution in [0.3, 0.4) is 0 Å². The average molecular weight is 280 g/mol. The number of para-hydroxylation sites is 1. The van der Waals surface area contributed by atoms with Crippen molar-refractivity contribution in [1.29, 1.82) is 0 Å². The van der Waals surface area contributed by atoms with Gasteiger partial charge in [-0.25, -0.2) is 4.98 Å². The molecule has 0 amide bonds. The maximum atomic E-state index is 6.17. The molecule has 1 N–H and O–H groups in total. The molecular formula is C16H10ClN3. The van der Waals surface area contributed by atoms with Gasteiger partial charge in [0.15, 0.2) is 5.82 Å². The topological polar surface area (TPSA) is 41.6 Å². The van der Waals surface area contributed by atoms with Crippen LogP contribution >= 0.6 is 11.6 Å². The Balaban J connectivity index is 2.04. The van der Waals surface area contributed by atoms with E-state index < -0.39 is 0 Å². The first-order valence-corrected chi connectivity index (χ1v) is 6.69. The summed E-state index contributed by atoms with van der Waals surface area (Å²) in [4.78, 5) is 12.3. The minimum absolute atomic E-state index is 0.644. The molecule has 3 nitrogen and oxygen atoms in total. The third-order valence-electron chi connectivity index (χ3n) is 3.36. The number of hydrogen-bond acceptors (Lipinski definition) is 2. The standard InChI is InChI=1S/C16H10ClN3/c17-12-6-3-7-13-15(12)20-16(19-13)14-11-5-2-1-4-10(11)8-9-18-14/h1-9H,(H,19,20). The number of H-pyrrole nitrogens is 1. The molecule has 0 atom stereocenters.